The molecule has 0 radical (unpaired) electrons. The molecule has 0 saturated heterocycles. The van der Waals surface area contributed by atoms with E-state index in [9.17, 15) is 19.5 Å². The van der Waals surface area contributed by atoms with Crippen molar-refractivity contribution in [2.75, 3.05) is 6.61 Å². The molecule has 0 amide bonds. The molecule has 0 aliphatic rings. The largest absolute Gasteiger partial charge is 0.492 e. The summed E-state index contributed by atoms with van der Waals surface area (Å²) in [7, 11) is 0. The van der Waals surface area contributed by atoms with Crippen molar-refractivity contribution in [3.8, 4) is 5.75 Å². The van der Waals surface area contributed by atoms with Crippen LogP contribution in [0.4, 0.5) is 0 Å². The topological polar surface area (TPSA) is 139 Å². The quantitative estimate of drug-likeness (QED) is 0.296. The number of rotatable bonds is 10. The van der Waals surface area contributed by atoms with Gasteiger partial charge in [0.1, 0.15) is 18.5 Å². The lowest BCUT2D eigenvalue weighted by molar-refractivity contribution is -0.154. The molecule has 0 bridgehead atoms. The molecule has 3 N–H and O–H groups in total. The third-order valence-electron chi connectivity index (χ3n) is 5.67. The molecule has 1 heterocycles. The SMILES string of the molecule is O=C(O)C(Cc1ccc(OCCn2c(=O)oc3cc(C(O)c4ccccc4)ccc32)cc1)C(=O)O. The van der Waals surface area contributed by atoms with Crippen LogP contribution in [0.3, 0.4) is 0 Å². The number of aliphatic hydroxyl groups excluding tert-OH is 1. The molecule has 180 valence electrons. The van der Waals surface area contributed by atoms with E-state index in [0.29, 0.717) is 28.0 Å². The van der Waals surface area contributed by atoms with E-state index >= 15 is 0 Å². The maximum absolute atomic E-state index is 12.4. The van der Waals surface area contributed by atoms with Crippen LogP contribution in [0.2, 0.25) is 0 Å². The average Bonchev–Trinajstić information content (AvgIpc) is 3.17. The number of hydrogen-bond acceptors (Lipinski definition) is 6. The molecule has 9 nitrogen and oxygen atoms in total. The van der Waals surface area contributed by atoms with Gasteiger partial charge in [-0.1, -0.05) is 48.5 Å². The number of aromatic nitrogens is 1. The van der Waals surface area contributed by atoms with Gasteiger partial charge in [0.05, 0.1) is 12.1 Å². The van der Waals surface area contributed by atoms with Gasteiger partial charge in [-0.15, -0.1) is 0 Å². The minimum Gasteiger partial charge on any atom is -0.492 e. The van der Waals surface area contributed by atoms with Gasteiger partial charge in [-0.05, 0) is 47.4 Å². The van der Waals surface area contributed by atoms with Gasteiger partial charge in [-0.25, -0.2) is 4.79 Å². The van der Waals surface area contributed by atoms with E-state index in [4.69, 9.17) is 19.4 Å². The molecule has 0 aliphatic carbocycles. The van der Waals surface area contributed by atoms with E-state index in [2.05, 4.69) is 0 Å². The molecule has 0 aliphatic heterocycles. The summed E-state index contributed by atoms with van der Waals surface area (Å²) in [5.41, 5.74) is 2.82. The first kappa shape index (κ1) is 23.8. The zero-order valence-electron chi connectivity index (χ0n) is 18.5. The monoisotopic (exact) mass is 477 g/mol. The Bertz CT molecular complexity index is 1370. The Morgan fingerprint density at radius 2 is 1.60 bits per heavy atom. The van der Waals surface area contributed by atoms with Gasteiger partial charge in [0, 0.05) is 0 Å². The van der Waals surface area contributed by atoms with Crippen molar-refractivity contribution in [3.05, 3.63) is 100 Å². The van der Waals surface area contributed by atoms with Crippen LogP contribution in [0.5, 0.6) is 5.75 Å². The lowest BCUT2D eigenvalue weighted by Gasteiger charge is -2.11. The van der Waals surface area contributed by atoms with Gasteiger partial charge in [-0.2, -0.15) is 0 Å². The molecule has 1 aromatic heterocycles. The number of aliphatic hydroxyl groups is 1. The van der Waals surface area contributed by atoms with Gasteiger partial charge in [0.25, 0.3) is 0 Å². The van der Waals surface area contributed by atoms with Gasteiger partial charge >= 0.3 is 17.7 Å². The Labute approximate surface area is 199 Å². The summed E-state index contributed by atoms with van der Waals surface area (Å²) in [5.74, 6) is -4.35. The fourth-order valence-electron chi connectivity index (χ4n) is 3.79. The minimum atomic E-state index is -1.52. The van der Waals surface area contributed by atoms with Crippen molar-refractivity contribution in [1.29, 1.82) is 0 Å². The van der Waals surface area contributed by atoms with Crippen LogP contribution in [0.15, 0.2) is 82.0 Å². The van der Waals surface area contributed by atoms with Gasteiger partial charge < -0.3 is 24.5 Å². The second kappa shape index (κ2) is 10.3. The summed E-state index contributed by atoms with van der Waals surface area (Å²) in [6, 6.07) is 20.7. The van der Waals surface area contributed by atoms with Crippen molar-refractivity contribution in [1.82, 2.24) is 4.57 Å². The maximum atomic E-state index is 12.4. The Morgan fingerprint density at radius 3 is 2.26 bits per heavy atom. The van der Waals surface area contributed by atoms with Crippen molar-refractivity contribution in [2.45, 2.75) is 19.1 Å². The molecule has 4 aromatic rings. The first-order valence-corrected chi connectivity index (χ1v) is 10.9. The average molecular weight is 477 g/mol. The van der Waals surface area contributed by atoms with E-state index in [1.165, 1.54) is 4.57 Å². The molecule has 35 heavy (non-hydrogen) atoms. The molecule has 1 unspecified atom stereocenters. The summed E-state index contributed by atoms with van der Waals surface area (Å²) >= 11 is 0. The van der Waals surface area contributed by atoms with E-state index in [0.717, 1.165) is 5.56 Å². The normalized spacial score (nSPS) is 12.1. The van der Waals surface area contributed by atoms with Crippen LogP contribution in [-0.2, 0) is 22.6 Å². The summed E-state index contributed by atoms with van der Waals surface area (Å²) in [6.07, 6.45) is -0.982. The number of aliphatic carboxylic acids is 2. The fourth-order valence-corrected chi connectivity index (χ4v) is 3.79. The molecule has 0 fully saturated rings. The van der Waals surface area contributed by atoms with E-state index < -0.39 is 29.7 Å². The lowest BCUT2D eigenvalue weighted by Crippen LogP contribution is -2.25. The highest BCUT2D eigenvalue weighted by Crippen LogP contribution is 2.25. The fraction of sp³-hybridized carbons (Fsp3) is 0.192. The maximum Gasteiger partial charge on any atom is 0.420 e. The summed E-state index contributed by atoms with van der Waals surface area (Å²) in [6.45, 7) is 0.378. The number of ether oxygens (including phenoxy) is 1. The Hall–Kier alpha value is -4.37. The predicted octanol–water partition coefficient (Wildman–Crippen LogP) is 3.08. The summed E-state index contributed by atoms with van der Waals surface area (Å²) < 4.78 is 12.5. The van der Waals surface area contributed by atoms with Crippen molar-refractivity contribution in [3.63, 3.8) is 0 Å². The Balaban J connectivity index is 1.40. The number of carbonyl (C=O) groups is 2. The minimum absolute atomic E-state index is 0.137. The molecular formula is C26H23NO8. The van der Waals surface area contributed by atoms with E-state index in [1.54, 1.807) is 42.5 Å². The number of oxazole rings is 1. The van der Waals surface area contributed by atoms with E-state index in [1.807, 2.05) is 30.3 Å². The van der Waals surface area contributed by atoms with Gasteiger partial charge in [0.15, 0.2) is 11.5 Å². The Kier molecular flexibility index (Phi) is 6.98. The highest BCUT2D eigenvalue weighted by atomic mass is 16.5. The summed E-state index contributed by atoms with van der Waals surface area (Å²) in [4.78, 5) is 34.5. The zero-order valence-corrected chi connectivity index (χ0v) is 18.5. The number of nitrogens with zero attached hydrogens (tertiary/aromatic N) is 1. The molecule has 3 aromatic carbocycles. The van der Waals surface area contributed by atoms with E-state index in [-0.39, 0.29) is 19.6 Å². The first-order chi connectivity index (χ1) is 16.8. The smallest absolute Gasteiger partial charge is 0.420 e. The van der Waals surface area contributed by atoms with Crippen molar-refractivity contribution >= 4 is 23.0 Å². The second-order valence-electron chi connectivity index (χ2n) is 7.99. The number of hydrogen-bond donors (Lipinski definition) is 3. The predicted molar refractivity (Wildman–Crippen MR) is 125 cm³/mol. The molecular weight excluding hydrogens is 454 g/mol. The molecule has 1 atom stereocenters. The van der Waals surface area contributed by atoms with Crippen molar-refractivity contribution < 1.29 is 34.1 Å². The van der Waals surface area contributed by atoms with Gasteiger partial charge in [-0.3, -0.25) is 14.2 Å². The Morgan fingerprint density at radius 1 is 0.914 bits per heavy atom. The third kappa shape index (κ3) is 5.42. The lowest BCUT2D eigenvalue weighted by atomic mass is 10.00. The van der Waals surface area contributed by atoms with Gasteiger partial charge in [0.2, 0.25) is 0 Å². The molecule has 0 spiro atoms. The van der Waals surface area contributed by atoms with Crippen LogP contribution in [-0.4, -0.2) is 38.4 Å². The van der Waals surface area contributed by atoms with Crippen LogP contribution < -0.4 is 10.5 Å². The first-order valence-electron chi connectivity index (χ1n) is 10.9. The van der Waals surface area contributed by atoms with Crippen LogP contribution in [0, 0.1) is 5.92 Å². The van der Waals surface area contributed by atoms with Crippen LogP contribution >= 0.6 is 0 Å². The number of carboxylic acids is 2. The highest BCUT2D eigenvalue weighted by Gasteiger charge is 2.25. The van der Waals surface area contributed by atoms with Crippen LogP contribution in [0.25, 0.3) is 11.1 Å². The number of fused-ring (bicyclic) bond motifs is 1. The molecule has 4 rings (SSSR count). The summed E-state index contributed by atoms with van der Waals surface area (Å²) in [5, 5.41) is 28.6. The molecule has 0 saturated carbocycles. The molecule has 9 heteroatoms. The zero-order chi connectivity index (χ0) is 24.9. The number of carboxylic acid groups (broad SMARTS) is 2. The van der Waals surface area contributed by atoms with Crippen LogP contribution in [0.1, 0.15) is 22.8 Å². The number of benzene rings is 3. The highest BCUT2D eigenvalue weighted by molar-refractivity contribution is 5.93. The standard InChI is InChI=1S/C26H23NO8/c28-23(17-4-2-1-3-5-17)18-8-11-21-22(15-18)35-26(33)27(21)12-13-34-19-9-6-16(7-10-19)14-20(24(29)30)25(31)32/h1-11,15,20,23,28H,12-14H2,(H,29,30)(H,31,32). The second-order valence-corrected chi connectivity index (χ2v) is 7.99. The third-order valence-corrected chi connectivity index (χ3v) is 5.67. The van der Waals surface area contributed by atoms with Crippen molar-refractivity contribution in [2.24, 2.45) is 5.92 Å².